The number of carbonyl (C=O) groups is 11. The van der Waals surface area contributed by atoms with Crippen molar-refractivity contribution in [2.75, 3.05) is 78.3 Å². The number of nitrogens with zero attached hydrogens (tertiary/aromatic N) is 9. The molecular weight excluding hydrogens is 1490 g/mol. The molecule has 0 aliphatic carbocycles. The van der Waals surface area contributed by atoms with E-state index in [2.05, 4.69) is 89.5 Å². The average molecular weight is 1620 g/mol. The van der Waals surface area contributed by atoms with E-state index in [1.54, 1.807) is 7.05 Å². The molecule has 6 amide bonds. The maximum atomic E-state index is 15.1. The fourth-order valence-corrected chi connectivity index (χ4v) is 11.8. The summed E-state index contributed by atoms with van der Waals surface area (Å²) in [7, 11) is 1.54. The molecule has 0 aromatic rings. The number of guanidine groups is 9. The number of primary amides is 1. The van der Waals surface area contributed by atoms with Crippen molar-refractivity contribution in [3.05, 3.63) is 0 Å². The van der Waals surface area contributed by atoms with Gasteiger partial charge in [0.1, 0.15) is 6.04 Å². The molecule has 0 bridgehead atoms. The second-order valence-electron chi connectivity index (χ2n) is 26.8. The van der Waals surface area contributed by atoms with Gasteiger partial charge in [-0.2, -0.15) is 12.6 Å². The van der Waals surface area contributed by atoms with Gasteiger partial charge in [0.25, 0.3) is 0 Å². The molecule has 0 aliphatic heterocycles. The Morgan fingerprint density at radius 1 is 0.265 bits per heavy atom. The number of aliphatic hydroxyl groups is 1. The first-order valence-electron chi connectivity index (χ1n) is 37.2. The fourth-order valence-electron chi connectivity index (χ4n) is 11.5. The van der Waals surface area contributed by atoms with Crippen LogP contribution in [0.3, 0.4) is 0 Å². The number of likely N-dealkylation sites (N-methyl/N-ethyl adjacent to an activating group) is 1. The van der Waals surface area contributed by atoms with E-state index in [0.717, 1.165) is 0 Å². The minimum absolute atomic E-state index is 0.00177. The number of hydrogen-bond donors (Lipinski definition) is 27. The maximum absolute atomic E-state index is 15.1. The van der Waals surface area contributed by atoms with Gasteiger partial charge in [0.05, 0.1) is 42.7 Å². The topological polar surface area (TPSA) is 886 Å². The first-order chi connectivity index (χ1) is 53.3. The number of amides is 6. The van der Waals surface area contributed by atoms with Crippen molar-refractivity contribution in [3.63, 3.8) is 0 Å². The molecule has 0 fully saturated rings. The third-order valence-electron chi connectivity index (χ3n) is 17.5. The van der Waals surface area contributed by atoms with Crippen molar-refractivity contribution in [2.45, 2.75) is 184 Å². The van der Waals surface area contributed by atoms with Gasteiger partial charge in [0.2, 0.25) is 35.4 Å². The Morgan fingerprint density at radius 2 is 0.434 bits per heavy atom. The number of ketones is 5. The van der Waals surface area contributed by atoms with Gasteiger partial charge in [-0.1, -0.05) is 0 Å². The van der Waals surface area contributed by atoms with Crippen molar-refractivity contribution >= 4 is 131 Å². The largest absolute Gasteiger partial charge is 0.396 e. The average Bonchev–Trinajstić information content (AvgIpc) is 0.860. The molecule has 0 spiro atoms. The van der Waals surface area contributed by atoms with Gasteiger partial charge >= 0.3 is 0 Å². The highest BCUT2D eigenvalue weighted by molar-refractivity contribution is 7.80. The van der Waals surface area contributed by atoms with E-state index in [4.69, 9.17) is 109 Å². The van der Waals surface area contributed by atoms with E-state index in [1.807, 2.05) is 0 Å². The third-order valence-corrected chi connectivity index (χ3v) is 17.8. The lowest BCUT2D eigenvalue weighted by atomic mass is 9.88. The van der Waals surface area contributed by atoms with Gasteiger partial charge in [-0.25, -0.2) is 0 Å². The molecule has 46 nitrogen and oxygen atoms in total. The summed E-state index contributed by atoms with van der Waals surface area (Å²) in [6.45, 7) is -0.708. The van der Waals surface area contributed by atoms with Crippen molar-refractivity contribution in [3.8, 4) is 0 Å². The predicted molar refractivity (Wildman–Crippen MR) is 437 cm³/mol. The summed E-state index contributed by atoms with van der Waals surface area (Å²) in [5, 5.41) is 26.9. The van der Waals surface area contributed by atoms with Gasteiger partial charge in [-0.3, -0.25) is 97.7 Å². The number of aliphatic hydroxyl groups excluding tert-OH is 1. The molecule has 0 aliphatic rings. The molecule has 0 heterocycles. The van der Waals surface area contributed by atoms with Crippen LogP contribution in [0.5, 0.6) is 0 Å². The third kappa shape index (κ3) is 49.0. The summed E-state index contributed by atoms with van der Waals surface area (Å²) < 4.78 is 0. The Hall–Kier alpha value is -11.1. The Labute approximate surface area is 663 Å². The van der Waals surface area contributed by atoms with Crippen LogP contribution >= 0.6 is 12.6 Å². The summed E-state index contributed by atoms with van der Waals surface area (Å²) >= 11 is 4.12. The summed E-state index contributed by atoms with van der Waals surface area (Å²) in [5.74, 6) is -17.0. The Kier molecular flexibility index (Phi) is 53.0. The fraction of sp³-hybridized carbons (Fsp3) is 0.697. The standard InChI is InChI=1S/C66H128N34O12S/c1-86-41(15-6-24-91-62(76)77)47(102)33-40(34-101)57(112)99-45(19-10-28-95-66(84)85)51(106)31-38(13-4-22-89-60(72)73)55(110)97-43(17-8-26-93-64(80)81)49(104)29-36(11-2-20-87-58(68)69)53(108)96-42(16-7-25-92-63(78)79)48(103)30-37(12-3-21-88-59(70)71)54(109)98-44(18-9-27-94-65(82)83)50(105)32-39(14-5-23-90-61(74)75)56(111)100-46(35-113)52(67)107/h36-46,86,101,113H,2-35H2,1H3,(H2,67,107)(H,96,108)(H,97,110)(H,98,109)(H,99,112)(H,100,111)(H4,68,69,87)(H4,70,71,88)(H4,72,73,89)(H4,74,75,90)(H4,76,77,91)(H4,78,79,92)(H4,80,81,93)(H4,82,83,94)(H4,84,85,95)/t36-,37-,38-,39-,40-,41-,42+,43+,44+,45+,46+/m0/s1. The molecule has 0 saturated carbocycles. The lowest BCUT2D eigenvalue weighted by Gasteiger charge is -2.27. The highest BCUT2D eigenvalue weighted by atomic mass is 32.1. The van der Waals surface area contributed by atoms with E-state index in [1.165, 1.54) is 0 Å². The quantitative estimate of drug-likeness (QED) is 0.0116. The molecule has 45 N–H and O–H groups in total. The number of nitrogens with two attached hydrogens (primary N) is 19. The van der Waals surface area contributed by atoms with Crippen LogP contribution in [0.1, 0.15) is 148 Å². The first kappa shape index (κ1) is 102. The molecule has 0 radical (unpaired) electrons. The first-order valence-corrected chi connectivity index (χ1v) is 37.8. The molecule has 640 valence electrons. The zero-order chi connectivity index (χ0) is 85.5. The molecule has 0 aromatic heterocycles. The van der Waals surface area contributed by atoms with Crippen LogP contribution < -0.4 is 141 Å². The monoisotopic (exact) mass is 1620 g/mol. The molecular formula is C66H128N34O12S. The number of Topliss-reactive ketones (excluding diaryl/α,β-unsaturated/α-hetero) is 5. The van der Waals surface area contributed by atoms with E-state index in [-0.39, 0.29) is 227 Å². The zero-order valence-corrected chi connectivity index (χ0v) is 65.7. The highest BCUT2D eigenvalue weighted by Crippen LogP contribution is 2.24. The molecule has 0 unspecified atom stereocenters. The van der Waals surface area contributed by atoms with E-state index in [0.29, 0.717) is 6.42 Å². The van der Waals surface area contributed by atoms with Gasteiger partial charge < -0.3 is 146 Å². The second-order valence-corrected chi connectivity index (χ2v) is 27.2. The van der Waals surface area contributed by atoms with E-state index >= 15 is 14.4 Å². The summed E-state index contributed by atoms with van der Waals surface area (Å²) in [6, 6.07) is -7.56. The van der Waals surface area contributed by atoms with Gasteiger partial charge in [0.15, 0.2) is 82.6 Å². The highest BCUT2D eigenvalue weighted by Gasteiger charge is 2.37. The van der Waals surface area contributed by atoms with Crippen LogP contribution in [0.25, 0.3) is 0 Å². The van der Waals surface area contributed by atoms with Crippen molar-refractivity contribution in [1.82, 2.24) is 31.9 Å². The Bertz CT molecular complexity index is 3280. The molecule has 47 heteroatoms. The molecule has 0 aromatic carbocycles. The number of nitrogens with one attached hydrogen (secondary N) is 6. The van der Waals surface area contributed by atoms with Crippen molar-refractivity contribution in [2.24, 2.45) is 183 Å². The SMILES string of the molecule is CN[C@@H](CCCN=C(N)N)C(=O)C[C@@H](CO)C(=O)N[C@H](CCCN=C(N)N)C(=O)C[C@H](CCCN=C(N)N)C(=O)N[C@H](CCCN=C(N)N)C(=O)C[C@H](CCCN=C(N)N)C(=O)N[C@H](CCCN=C(N)N)C(=O)C[C@H](CCCN=C(N)N)C(=O)N[C@H](CCCN=C(N)N)C(=O)C[C@H](CCCN=C(N)N)C(=O)N[C@H](CS)C(N)=O. The van der Waals surface area contributed by atoms with E-state index in [9.17, 15) is 43.5 Å². The normalized spacial score (nSPS) is 13.8. The zero-order valence-electron chi connectivity index (χ0n) is 64.8. The lowest BCUT2D eigenvalue weighted by molar-refractivity contribution is -0.136. The molecule has 113 heavy (non-hydrogen) atoms. The summed E-state index contributed by atoms with van der Waals surface area (Å²) in [6.07, 6.45) is -2.07. The van der Waals surface area contributed by atoms with Crippen LogP contribution in [0, 0.1) is 29.6 Å². The molecule has 11 atom stereocenters. The van der Waals surface area contributed by atoms with Gasteiger partial charge in [-0.05, 0) is 123 Å². The second kappa shape index (κ2) is 58.7. The van der Waals surface area contributed by atoms with Crippen LogP contribution in [-0.2, 0) is 52.7 Å². The minimum Gasteiger partial charge on any atom is -0.396 e. The molecule has 0 saturated heterocycles. The Morgan fingerprint density at radius 3 is 0.611 bits per heavy atom. The predicted octanol–water partition coefficient (Wildman–Crippen LogP) is -10.2. The maximum Gasteiger partial charge on any atom is 0.240 e. The number of hydrogen-bond acceptors (Lipinski definition) is 23. The van der Waals surface area contributed by atoms with E-state index < -0.39 is 169 Å². The van der Waals surface area contributed by atoms with Crippen LogP contribution in [0.4, 0.5) is 0 Å². The number of thiol groups is 1. The van der Waals surface area contributed by atoms with Crippen molar-refractivity contribution in [1.29, 1.82) is 0 Å². The summed E-state index contributed by atoms with van der Waals surface area (Å²) in [4.78, 5) is 194. The minimum atomic E-state index is -1.44. The van der Waals surface area contributed by atoms with Crippen LogP contribution in [0.15, 0.2) is 44.9 Å². The Balaban J connectivity index is 8.02. The molecule has 0 rings (SSSR count). The number of aliphatic imine (C=N–C) groups is 9. The number of rotatable bonds is 65. The van der Waals surface area contributed by atoms with Crippen LogP contribution in [-0.4, -0.2) is 238 Å². The smallest absolute Gasteiger partial charge is 0.240 e. The number of carbonyl (C=O) groups excluding carboxylic acids is 11. The van der Waals surface area contributed by atoms with Crippen LogP contribution in [0.2, 0.25) is 0 Å². The summed E-state index contributed by atoms with van der Waals surface area (Å²) in [5.41, 5.74) is 106. The van der Waals surface area contributed by atoms with Gasteiger partial charge in [-0.15, -0.1) is 0 Å². The van der Waals surface area contributed by atoms with Crippen molar-refractivity contribution < 1.29 is 57.8 Å². The van der Waals surface area contributed by atoms with Gasteiger partial charge in [0, 0.05) is 120 Å². The lowest BCUT2D eigenvalue weighted by Crippen LogP contribution is -2.50.